The number of carbonyl (C=O) groups is 1. The summed E-state index contributed by atoms with van der Waals surface area (Å²) in [6.07, 6.45) is 2.97. The average molecular weight is 425 g/mol. The summed E-state index contributed by atoms with van der Waals surface area (Å²) < 4.78 is 5.69. The van der Waals surface area contributed by atoms with Crippen LogP contribution in [0.5, 0.6) is 0 Å². The molecule has 0 saturated heterocycles. The third kappa shape index (κ3) is 4.21. The van der Waals surface area contributed by atoms with Crippen molar-refractivity contribution in [3.8, 4) is 17.5 Å². The average Bonchev–Trinajstić information content (AvgIpc) is 3.30. The number of nitrogens with zero attached hydrogens (tertiary/aromatic N) is 3. The lowest BCUT2D eigenvalue weighted by Crippen LogP contribution is -2.14. The molecule has 1 aliphatic carbocycles. The quantitative estimate of drug-likeness (QED) is 0.590. The van der Waals surface area contributed by atoms with Gasteiger partial charge in [-0.3, -0.25) is 4.79 Å². The SMILES string of the molecule is Cc1ccccc1-c1nnc(SCC(=O)Nc2sc3c(c2C#N)CC[C@H](C)C3)o1. The Kier molecular flexibility index (Phi) is 5.69. The van der Waals surface area contributed by atoms with E-state index in [9.17, 15) is 10.1 Å². The van der Waals surface area contributed by atoms with E-state index in [0.29, 0.717) is 27.6 Å². The van der Waals surface area contributed by atoms with Crippen LogP contribution in [0.1, 0.15) is 34.9 Å². The molecule has 2 heterocycles. The molecule has 0 fully saturated rings. The number of nitrogens with one attached hydrogen (secondary N) is 1. The number of fused-ring (bicyclic) bond motifs is 1. The Morgan fingerprint density at radius 3 is 3.03 bits per heavy atom. The van der Waals surface area contributed by atoms with E-state index in [-0.39, 0.29) is 11.7 Å². The number of nitriles is 1. The Morgan fingerprint density at radius 1 is 1.41 bits per heavy atom. The number of rotatable bonds is 5. The second-order valence-corrected chi connectivity index (χ2v) is 9.22. The minimum absolute atomic E-state index is 0.138. The number of anilines is 1. The van der Waals surface area contributed by atoms with E-state index in [1.54, 1.807) is 0 Å². The zero-order chi connectivity index (χ0) is 20.4. The van der Waals surface area contributed by atoms with Crippen LogP contribution in [0.2, 0.25) is 0 Å². The molecule has 0 bridgehead atoms. The summed E-state index contributed by atoms with van der Waals surface area (Å²) in [6, 6.07) is 10.0. The number of benzene rings is 1. The summed E-state index contributed by atoms with van der Waals surface area (Å²) in [5, 5.41) is 21.6. The Labute approximate surface area is 177 Å². The van der Waals surface area contributed by atoms with E-state index in [4.69, 9.17) is 4.42 Å². The highest BCUT2D eigenvalue weighted by Gasteiger charge is 2.24. The number of hydrogen-bond donors (Lipinski definition) is 1. The number of thiophene rings is 1. The van der Waals surface area contributed by atoms with Gasteiger partial charge in [0.05, 0.1) is 11.3 Å². The summed E-state index contributed by atoms with van der Waals surface area (Å²) in [5.41, 5.74) is 3.66. The van der Waals surface area contributed by atoms with Crippen LogP contribution in [0, 0.1) is 24.2 Å². The van der Waals surface area contributed by atoms with E-state index < -0.39 is 0 Å². The lowest BCUT2D eigenvalue weighted by atomic mass is 9.89. The highest BCUT2D eigenvalue weighted by atomic mass is 32.2. The van der Waals surface area contributed by atoms with Crippen LogP contribution in [0.25, 0.3) is 11.5 Å². The van der Waals surface area contributed by atoms with Crippen LogP contribution < -0.4 is 5.32 Å². The van der Waals surface area contributed by atoms with Crippen molar-refractivity contribution in [3.63, 3.8) is 0 Å². The van der Waals surface area contributed by atoms with Crippen LogP contribution in [0.4, 0.5) is 5.00 Å². The van der Waals surface area contributed by atoms with Crippen LogP contribution in [-0.4, -0.2) is 21.9 Å². The summed E-state index contributed by atoms with van der Waals surface area (Å²) in [5.74, 6) is 1.01. The summed E-state index contributed by atoms with van der Waals surface area (Å²) in [4.78, 5) is 13.7. The minimum Gasteiger partial charge on any atom is -0.411 e. The summed E-state index contributed by atoms with van der Waals surface area (Å²) >= 11 is 2.72. The molecule has 6 nitrogen and oxygen atoms in total. The lowest BCUT2D eigenvalue weighted by molar-refractivity contribution is -0.113. The molecule has 148 valence electrons. The first-order chi connectivity index (χ1) is 14.0. The minimum atomic E-state index is -0.186. The van der Waals surface area contributed by atoms with Gasteiger partial charge in [0.2, 0.25) is 11.8 Å². The van der Waals surface area contributed by atoms with Crippen molar-refractivity contribution in [1.82, 2.24) is 10.2 Å². The van der Waals surface area contributed by atoms with Gasteiger partial charge in [0.15, 0.2) is 0 Å². The predicted octanol–water partition coefficient (Wildman–Crippen LogP) is 4.83. The first kappa shape index (κ1) is 19.7. The molecule has 1 aliphatic rings. The molecule has 4 rings (SSSR count). The van der Waals surface area contributed by atoms with Crippen molar-refractivity contribution in [2.75, 3.05) is 11.1 Å². The molecule has 1 aromatic carbocycles. The fourth-order valence-corrected chi connectivity index (χ4v) is 5.38. The van der Waals surface area contributed by atoms with Crippen LogP contribution in [0.15, 0.2) is 33.9 Å². The highest BCUT2D eigenvalue weighted by Crippen LogP contribution is 2.39. The first-order valence-corrected chi connectivity index (χ1v) is 11.2. The third-order valence-corrected chi connectivity index (χ3v) is 6.97. The maximum absolute atomic E-state index is 12.4. The first-order valence-electron chi connectivity index (χ1n) is 9.42. The number of amides is 1. The maximum atomic E-state index is 12.4. The van der Waals surface area contributed by atoms with E-state index >= 15 is 0 Å². The van der Waals surface area contributed by atoms with Crippen molar-refractivity contribution in [3.05, 3.63) is 45.8 Å². The van der Waals surface area contributed by atoms with Gasteiger partial charge >= 0.3 is 0 Å². The van der Waals surface area contributed by atoms with Crippen molar-refractivity contribution in [2.24, 2.45) is 5.92 Å². The molecule has 29 heavy (non-hydrogen) atoms. The molecule has 8 heteroatoms. The molecule has 1 N–H and O–H groups in total. The number of aromatic nitrogens is 2. The molecule has 1 amide bonds. The third-order valence-electron chi connectivity index (χ3n) is 4.99. The van der Waals surface area contributed by atoms with Crippen molar-refractivity contribution >= 4 is 34.0 Å². The molecule has 0 radical (unpaired) electrons. The van der Waals surface area contributed by atoms with E-state index in [1.807, 2.05) is 31.2 Å². The van der Waals surface area contributed by atoms with Gasteiger partial charge in [-0.2, -0.15) is 5.26 Å². The largest absolute Gasteiger partial charge is 0.411 e. The van der Waals surface area contributed by atoms with Crippen molar-refractivity contribution < 1.29 is 9.21 Å². The van der Waals surface area contributed by atoms with Crippen LogP contribution in [0.3, 0.4) is 0 Å². The number of carbonyl (C=O) groups excluding carboxylic acids is 1. The van der Waals surface area contributed by atoms with Crippen molar-refractivity contribution in [2.45, 2.75) is 38.3 Å². The lowest BCUT2D eigenvalue weighted by Gasteiger charge is -2.17. The Hall–Kier alpha value is -2.63. The smallest absolute Gasteiger partial charge is 0.277 e. The second kappa shape index (κ2) is 8.39. The number of aryl methyl sites for hydroxylation is 1. The Balaban J connectivity index is 1.40. The standard InChI is InChI=1S/C21H20N4O2S2/c1-12-7-8-15-16(10-22)20(29-17(15)9-12)23-18(26)11-28-21-25-24-19(27-21)14-6-4-3-5-13(14)2/h3-6,12H,7-9,11H2,1-2H3,(H,23,26)/t12-/m0/s1. The fourth-order valence-electron chi connectivity index (χ4n) is 3.44. The molecule has 0 aliphatic heterocycles. The fraction of sp³-hybridized carbons (Fsp3) is 0.333. The van der Waals surface area contributed by atoms with Gasteiger partial charge < -0.3 is 9.73 Å². The van der Waals surface area contributed by atoms with Crippen LogP contribution in [-0.2, 0) is 17.6 Å². The Bertz CT molecular complexity index is 1100. The zero-order valence-corrected chi connectivity index (χ0v) is 17.8. The summed E-state index contributed by atoms with van der Waals surface area (Å²) in [6.45, 7) is 4.20. The summed E-state index contributed by atoms with van der Waals surface area (Å²) in [7, 11) is 0. The van der Waals surface area contributed by atoms with E-state index in [2.05, 4.69) is 28.5 Å². The molecule has 0 unspecified atom stereocenters. The van der Waals surface area contributed by atoms with Crippen molar-refractivity contribution in [1.29, 1.82) is 5.26 Å². The second-order valence-electron chi connectivity index (χ2n) is 7.19. The van der Waals surface area contributed by atoms with Crippen LogP contribution >= 0.6 is 23.1 Å². The topological polar surface area (TPSA) is 91.8 Å². The maximum Gasteiger partial charge on any atom is 0.277 e. The van der Waals surface area contributed by atoms with Gasteiger partial charge in [0.25, 0.3) is 5.22 Å². The molecule has 2 aromatic heterocycles. The molecular weight excluding hydrogens is 404 g/mol. The number of thioether (sulfide) groups is 1. The highest BCUT2D eigenvalue weighted by molar-refractivity contribution is 7.99. The van der Waals surface area contributed by atoms with E-state index in [1.165, 1.54) is 28.0 Å². The van der Waals surface area contributed by atoms with Gasteiger partial charge in [0, 0.05) is 10.4 Å². The molecular formula is C21H20N4O2S2. The monoisotopic (exact) mass is 424 g/mol. The molecule has 0 saturated carbocycles. The van der Waals surface area contributed by atoms with Gasteiger partial charge in [-0.05, 0) is 49.3 Å². The van der Waals surface area contributed by atoms with Gasteiger partial charge in [-0.25, -0.2) is 0 Å². The zero-order valence-electron chi connectivity index (χ0n) is 16.2. The van der Waals surface area contributed by atoms with Gasteiger partial charge in [0.1, 0.15) is 11.1 Å². The molecule has 1 atom stereocenters. The van der Waals surface area contributed by atoms with E-state index in [0.717, 1.165) is 36.0 Å². The number of hydrogen-bond acceptors (Lipinski definition) is 7. The Morgan fingerprint density at radius 2 is 2.24 bits per heavy atom. The van der Waals surface area contributed by atoms with Gasteiger partial charge in [-0.1, -0.05) is 36.9 Å². The normalized spacial score (nSPS) is 15.6. The van der Waals surface area contributed by atoms with Gasteiger partial charge in [-0.15, -0.1) is 21.5 Å². The molecule has 0 spiro atoms. The molecule has 3 aromatic rings. The predicted molar refractivity (Wildman–Crippen MR) is 114 cm³/mol.